The van der Waals surface area contributed by atoms with Gasteiger partial charge in [-0.25, -0.2) is 0 Å². The second kappa shape index (κ2) is 16.5. The van der Waals surface area contributed by atoms with Crippen molar-refractivity contribution in [1.29, 1.82) is 0 Å². The van der Waals surface area contributed by atoms with Crippen molar-refractivity contribution in [1.82, 2.24) is 10.2 Å². The zero-order valence-electron chi connectivity index (χ0n) is 15.7. The van der Waals surface area contributed by atoms with E-state index in [0.717, 1.165) is 0 Å². The molecule has 0 radical (unpaired) electrons. The Morgan fingerprint density at radius 1 is 1.07 bits per heavy atom. The van der Waals surface area contributed by atoms with E-state index in [1.807, 2.05) is 0 Å². The maximum Gasteiger partial charge on any atom is 0.325 e. The fourth-order valence-electron chi connectivity index (χ4n) is 1.76. The van der Waals surface area contributed by atoms with Gasteiger partial charge in [-0.2, -0.15) is 0 Å². The van der Waals surface area contributed by atoms with E-state index in [4.69, 9.17) is 14.2 Å². The molecule has 10 nitrogen and oxygen atoms in total. The van der Waals surface area contributed by atoms with Gasteiger partial charge in [-0.1, -0.05) is 15.9 Å². The largest absolute Gasteiger partial charge is 0.465 e. The Kier molecular flexibility index (Phi) is 15.4. The summed E-state index contributed by atoms with van der Waals surface area (Å²) < 4.78 is 18.9. The van der Waals surface area contributed by atoms with Crippen LogP contribution >= 0.6 is 15.9 Å². The molecule has 2 saturated heterocycles. The molecule has 27 heavy (non-hydrogen) atoms. The molecule has 0 spiro atoms. The standard InChI is InChI=1S/C8H13NO4.C4H7BrO2.C4H7NO2/c1-2-13-8(11)5-9-3-4-12-6-7(9)10;1-2-7-4(6)3-5;6-4-3-7-2-1-5-4/h2-6H2,1H3;2-3H2,1H3;1-3H2,(H,5,6). The molecular weight excluding hydrogens is 428 g/mol. The third kappa shape index (κ3) is 14.1. The number of hydrogen-bond donors (Lipinski definition) is 1. The number of nitrogens with one attached hydrogen (secondary N) is 1. The molecule has 2 fully saturated rings. The average Bonchev–Trinajstić information content (AvgIpc) is 2.66. The van der Waals surface area contributed by atoms with Gasteiger partial charge in [0, 0.05) is 13.1 Å². The molecule has 2 aliphatic rings. The molecule has 156 valence electrons. The van der Waals surface area contributed by atoms with Crippen LogP contribution in [0, 0.1) is 0 Å². The molecule has 0 saturated carbocycles. The number of nitrogens with zero attached hydrogens (tertiary/aromatic N) is 1. The number of alkyl halides is 1. The first-order valence-corrected chi connectivity index (χ1v) is 9.63. The van der Waals surface area contributed by atoms with Gasteiger partial charge in [-0.3, -0.25) is 19.2 Å². The molecule has 0 bridgehead atoms. The molecule has 2 heterocycles. The highest BCUT2D eigenvalue weighted by molar-refractivity contribution is 9.09. The third-order valence-corrected chi connectivity index (χ3v) is 3.38. The van der Waals surface area contributed by atoms with Gasteiger partial charge in [0.15, 0.2) is 0 Å². The lowest BCUT2D eigenvalue weighted by Gasteiger charge is -2.25. The first kappa shape index (κ1) is 25.3. The number of ether oxygens (including phenoxy) is 4. The number of esters is 2. The summed E-state index contributed by atoms with van der Waals surface area (Å²) in [6.07, 6.45) is 0. The van der Waals surface area contributed by atoms with Crippen molar-refractivity contribution < 1.29 is 38.1 Å². The Morgan fingerprint density at radius 3 is 2.11 bits per heavy atom. The Bertz CT molecular complexity index is 460. The molecule has 1 N–H and O–H groups in total. The fraction of sp³-hybridized carbons (Fsp3) is 0.750. The molecule has 0 aromatic carbocycles. The van der Waals surface area contributed by atoms with E-state index in [9.17, 15) is 19.2 Å². The Morgan fingerprint density at radius 2 is 1.70 bits per heavy atom. The number of morpholine rings is 2. The monoisotopic (exact) mass is 454 g/mol. The minimum atomic E-state index is -0.363. The van der Waals surface area contributed by atoms with Gasteiger partial charge in [0.2, 0.25) is 11.8 Å². The van der Waals surface area contributed by atoms with Crippen molar-refractivity contribution in [2.45, 2.75) is 13.8 Å². The van der Waals surface area contributed by atoms with Crippen molar-refractivity contribution in [2.24, 2.45) is 0 Å². The maximum atomic E-state index is 11.1. The first-order chi connectivity index (χ1) is 12.9. The summed E-state index contributed by atoms with van der Waals surface area (Å²) in [6.45, 7) is 6.95. The van der Waals surface area contributed by atoms with Crippen LogP contribution in [0.5, 0.6) is 0 Å². The van der Waals surface area contributed by atoms with E-state index in [-0.39, 0.29) is 43.5 Å². The Hall–Kier alpha value is -1.72. The zero-order chi connectivity index (χ0) is 20.5. The number of hydrogen-bond acceptors (Lipinski definition) is 8. The van der Waals surface area contributed by atoms with E-state index in [0.29, 0.717) is 44.8 Å². The topological polar surface area (TPSA) is 120 Å². The lowest BCUT2D eigenvalue weighted by Crippen LogP contribution is -2.44. The Balaban J connectivity index is 0.000000410. The second-order valence-corrected chi connectivity index (χ2v) is 5.57. The second-order valence-electron chi connectivity index (χ2n) is 5.01. The van der Waals surface area contributed by atoms with Crippen LogP contribution in [0.15, 0.2) is 0 Å². The molecule has 2 aliphatic heterocycles. The summed E-state index contributed by atoms with van der Waals surface area (Å²) in [6, 6.07) is 0. The fourth-order valence-corrected chi connectivity index (χ4v) is 1.92. The van der Waals surface area contributed by atoms with Crippen molar-refractivity contribution in [3.05, 3.63) is 0 Å². The summed E-state index contributed by atoms with van der Waals surface area (Å²) in [4.78, 5) is 43.9. The highest BCUT2D eigenvalue weighted by Gasteiger charge is 2.21. The number of carbonyl (C=O) groups excluding carboxylic acids is 4. The first-order valence-electron chi connectivity index (χ1n) is 8.51. The minimum Gasteiger partial charge on any atom is -0.465 e. The zero-order valence-corrected chi connectivity index (χ0v) is 17.2. The summed E-state index contributed by atoms with van der Waals surface area (Å²) in [7, 11) is 0. The predicted octanol–water partition coefficient (Wildman–Crippen LogP) is -0.514. The third-order valence-electron chi connectivity index (χ3n) is 2.93. The van der Waals surface area contributed by atoms with Gasteiger partial charge in [0.25, 0.3) is 0 Å². The number of halogens is 1. The van der Waals surface area contributed by atoms with Crippen LogP contribution in [0.1, 0.15) is 13.8 Å². The summed E-state index contributed by atoms with van der Waals surface area (Å²) in [5.41, 5.74) is 0. The van der Waals surface area contributed by atoms with Crippen molar-refractivity contribution in [3.8, 4) is 0 Å². The van der Waals surface area contributed by atoms with Gasteiger partial charge in [0.1, 0.15) is 25.1 Å². The van der Waals surface area contributed by atoms with Crippen LogP contribution in [0.4, 0.5) is 0 Å². The molecule has 11 heteroatoms. The number of carbonyl (C=O) groups is 4. The quantitative estimate of drug-likeness (QED) is 0.435. The highest BCUT2D eigenvalue weighted by atomic mass is 79.9. The molecule has 0 atom stereocenters. The van der Waals surface area contributed by atoms with E-state index in [1.54, 1.807) is 13.8 Å². The van der Waals surface area contributed by atoms with Crippen LogP contribution in [0.2, 0.25) is 0 Å². The van der Waals surface area contributed by atoms with Crippen LogP contribution in [-0.4, -0.2) is 93.3 Å². The Labute approximate surface area is 166 Å². The van der Waals surface area contributed by atoms with Gasteiger partial charge in [-0.05, 0) is 13.8 Å². The van der Waals surface area contributed by atoms with E-state index >= 15 is 0 Å². The number of rotatable bonds is 5. The SMILES string of the molecule is CCOC(=O)CBr.CCOC(=O)CN1CCOCC1=O.O=C1COCCN1. The van der Waals surface area contributed by atoms with Crippen LogP contribution in [0.3, 0.4) is 0 Å². The van der Waals surface area contributed by atoms with Gasteiger partial charge >= 0.3 is 11.9 Å². The summed E-state index contributed by atoms with van der Waals surface area (Å²) in [5, 5.41) is 2.91. The molecule has 0 aromatic rings. The van der Waals surface area contributed by atoms with Crippen molar-refractivity contribution in [2.75, 3.05) is 64.6 Å². The van der Waals surface area contributed by atoms with E-state index in [1.165, 1.54) is 4.90 Å². The van der Waals surface area contributed by atoms with Crippen molar-refractivity contribution in [3.63, 3.8) is 0 Å². The number of amides is 2. The van der Waals surface area contributed by atoms with Crippen LogP contribution in [0.25, 0.3) is 0 Å². The van der Waals surface area contributed by atoms with Crippen LogP contribution in [-0.2, 0) is 38.1 Å². The lowest BCUT2D eigenvalue weighted by atomic mass is 10.4. The maximum absolute atomic E-state index is 11.1. The minimum absolute atomic E-state index is 0.00810. The van der Waals surface area contributed by atoms with E-state index < -0.39 is 0 Å². The lowest BCUT2D eigenvalue weighted by molar-refractivity contribution is -0.154. The molecule has 0 unspecified atom stereocenters. The average molecular weight is 455 g/mol. The highest BCUT2D eigenvalue weighted by Crippen LogP contribution is 1.98. The molecule has 0 aliphatic carbocycles. The predicted molar refractivity (Wildman–Crippen MR) is 98.3 cm³/mol. The van der Waals surface area contributed by atoms with Crippen molar-refractivity contribution >= 4 is 39.7 Å². The van der Waals surface area contributed by atoms with Gasteiger partial charge in [-0.15, -0.1) is 0 Å². The van der Waals surface area contributed by atoms with Crippen LogP contribution < -0.4 is 5.32 Å². The normalized spacial score (nSPS) is 16.0. The van der Waals surface area contributed by atoms with Gasteiger partial charge in [0.05, 0.1) is 26.4 Å². The molecule has 2 rings (SSSR count). The smallest absolute Gasteiger partial charge is 0.325 e. The van der Waals surface area contributed by atoms with Gasteiger partial charge < -0.3 is 29.2 Å². The molecular formula is C16H27BrN2O8. The summed E-state index contributed by atoms with van der Waals surface area (Å²) >= 11 is 2.94. The van der Waals surface area contributed by atoms with E-state index in [2.05, 4.69) is 26.0 Å². The summed E-state index contributed by atoms with van der Waals surface area (Å²) in [5.74, 6) is -0.731. The molecule has 2 amide bonds. The molecule has 0 aromatic heterocycles.